The van der Waals surface area contributed by atoms with Gasteiger partial charge < -0.3 is 14.4 Å². The predicted molar refractivity (Wildman–Crippen MR) is 98.1 cm³/mol. The van der Waals surface area contributed by atoms with Gasteiger partial charge in [-0.2, -0.15) is 0 Å². The highest BCUT2D eigenvalue weighted by Gasteiger charge is 2.49. The van der Waals surface area contributed by atoms with Crippen LogP contribution in [0.15, 0.2) is 30.9 Å². The van der Waals surface area contributed by atoms with Gasteiger partial charge in [-0.3, -0.25) is 14.8 Å². The van der Waals surface area contributed by atoms with Crippen LogP contribution in [-0.4, -0.2) is 57.2 Å². The number of carbonyl (C=O) groups excluding carboxylic acids is 1. The summed E-state index contributed by atoms with van der Waals surface area (Å²) < 4.78 is 12.1. The average molecular weight is 368 g/mol. The Morgan fingerprint density at radius 1 is 1.26 bits per heavy atom. The van der Waals surface area contributed by atoms with Gasteiger partial charge in [0, 0.05) is 31.6 Å². The van der Waals surface area contributed by atoms with Gasteiger partial charge in [-0.15, -0.1) is 0 Å². The van der Waals surface area contributed by atoms with Gasteiger partial charge >= 0.3 is 0 Å². The number of aryl methyl sites for hydroxylation is 2. The molecule has 0 bridgehead atoms. The van der Waals surface area contributed by atoms with Crippen LogP contribution in [0.2, 0.25) is 0 Å². The van der Waals surface area contributed by atoms with E-state index < -0.39 is 0 Å². The summed E-state index contributed by atoms with van der Waals surface area (Å²) in [5.74, 6) is -0.0920. The molecule has 2 saturated heterocycles. The Balaban J connectivity index is 1.31. The van der Waals surface area contributed by atoms with E-state index in [4.69, 9.17) is 9.47 Å². The lowest BCUT2D eigenvalue weighted by Gasteiger charge is -2.52. The number of pyridine rings is 1. The summed E-state index contributed by atoms with van der Waals surface area (Å²) in [5.41, 5.74) is 3.10. The van der Waals surface area contributed by atoms with Crippen molar-refractivity contribution < 1.29 is 14.3 Å². The second kappa shape index (κ2) is 7.32. The van der Waals surface area contributed by atoms with Crippen molar-refractivity contribution in [1.29, 1.82) is 0 Å². The van der Waals surface area contributed by atoms with Gasteiger partial charge in [-0.25, -0.2) is 4.98 Å². The lowest BCUT2D eigenvalue weighted by atomic mass is 9.84. The number of hydrogen-bond donors (Lipinski definition) is 0. The standard InChI is InChI=1S/C20H24N4O3/c1-14-5-16(9-21-7-14)11-26-17-3-4-27-20(6-17)12-24(13-20)19(25)18-10-22-15(2)8-23-18/h5,7-10,17H,3-4,6,11-13H2,1-2H3. The Hall–Kier alpha value is -2.38. The summed E-state index contributed by atoms with van der Waals surface area (Å²) in [7, 11) is 0. The molecule has 0 aliphatic carbocycles. The molecule has 0 saturated carbocycles. The molecule has 2 aromatic rings. The molecule has 7 nitrogen and oxygen atoms in total. The maximum atomic E-state index is 12.5. The molecule has 27 heavy (non-hydrogen) atoms. The van der Waals surface area contributed by atoms with Crippen molar-refractivity contribution in [3.63, 3.8) is 0 Å². The Labute approximate surface area is 158 Å². The van der Waals surface area contributed by atoms with Crippen molar-refractivity contribution in [2.75, 3.05) is 19.7 Å². The Bertz CT molecular complexity index is 818. The molecule has 1 atom stereocenters. The largest absolute Gasteiger partial charge is 0.373 e. The highest BCUT2D eigenvalue weighted by Crippen LogP contribution is 2.36. The first-order chi connectivity index (χ1) is 13.0. The maximum absolute atomic E-state index is 12.5. The smallest absolute Gasteiger partial charge is 0.274 e. The Morgan fingerprint density at radius 3 is 2.85 bits per heavy atom. The van der Waals surface area contributed by atoms with Crippen molar-refractivity contribution in [3.8, 4) is 0 Å². The van der Waals surface area contributed by atoms with Crippen molar-refractivity contribution in [2.24, 2.45) is 0 Å². The fourth-order valence-electron chi connectivity index (χ4n) is 3.71. The minimum Gasteiger partial charge on any atom is -0.373 e. The number of amides is 1. The molecule has 0 aromatic carbocycles. The first kappa shape index (κ1) is 18.0. The van der Waals surface area contributed by atoms with E-state index in [0.29, 0.717) is 32.0 Å². The van der Waals surface area contributed by atoms with E-state index in [0.717, 1.165) is 29.7 Å². The minimum atomic E-state index is -0.290. The summed E-state index contributed by atoms with van der Waals surface area (Å²) in [6.45, 7) is 6.24. The predicted octanol–water partition coefficient (Wildman–Crippen LogP) is 2.08. The maximum Gasteiger partial charge on any atom is 0.274 e. The third kappa shape index (κ3) is 3.99. The summed E-state index contributed by atoms with van der Waals surface area (Å²) in [5, 5.41) is 0. The van der Waals surface area contributed by atoms with Crippen molar-refractivity contribution in [2.45, 2.75) is 45.0 Å². The highest BCUT2D eigenvalue weighted by molar-refractivity contribution is 5.92. The molecule has 2 aliphatic heterocycles. The number of likely N-dealkylation sites (tertiary alicyclic amines) is 1. The molecule has 2 aromatic heterocycles. The monoisotopic (exact) mass is 368 g/mol. The fraction of sp³-hybridized carbons (Fsp3) is 0.500. The van der Waals surface area contributed by atoms with Crippen LogP contribution < -0.4 is 0 Å². The zero-order valence-corrected chi connectivity index (χ0v) is 15.7. The second-order valence-electron chi connectivity index (χ2n) is 7.53. The van der Waals surface area contributed by atoms with Crippen molar-refractivity contribution in [1.82, 2.24) is 19.9 Å². The van der Waals surface area contributed by atoms with Gasteiger partial charge in [0.1, 0.15) is 11.3 Å². The van der Waals surface area contributed by atoms with E-state index in [2.05, 4.69) is 21.0 Å². The lowest BCUT2D eigenvalue weighted by molar-refractivity contribution is -0.188. The van der Waals surface area contributed by atoms with Gasteiger partial charge in [0.05, 0.1) is 37.7 Å². The Kier molecular flexibility index (Phi) is 4.88. The van der Waals surface area contributed by atoms with E-state index in [9.17, 15) is 4.79 Å². The number of aromatic nitrogens is 3. The fourth-order valence-corrected chi connectivity index (χ4v) is 3.71. The van der Waals surface area contributed by atoms with E-state index in [-0.39, 0.29) is 17.6 Å². The van der Waals surface area contributed by atoms with Crippen LogP contribution >= 0.6 is 0 Å². The van der Waals surface area contributed by atoms with Crippen molar-refractivity contribution >= 4 is 5.91 Å². The van der Waals surface area contributed by atoms with Crippen LogP contribution in [0.5, 0.6) is 0 Å². The van der Waals surface area contributed by atoms with E-state index >= 15 is 0 Å². The van der Waals surface area contributed by atoms with Crippen LogP contribution in [-0.2, 0) is 16.1 Å². The minimum absolute atomic E-state index is 0.0920. The zero-order chi connectivity index (χ0) is 18.9. The van der Waals surface area contributed by atoms with Gasteiger partial charge in [0.15, 0.2) is 0 Å². The molecular formula is C20H24N4O3. The molecule has 1 spiro atoms. The van der Waals surface area contributed by atoms with Gasteiger partial charge in [0.25, 0.3) is 5.91 Å². The number of carbonyl (C=O) groups is 1. The topological polar surface area (TPSA) is 77.4 Å². The summed E-state index contributed by atoms with van der Waals surface area (Å²) in [6.07, 6.45) is 8.64. The van der Waals surface area contributed by atoms with Crippen LogP contribution in [0.3, 0.4) is 0 Å². The SMILES string of the molecule is Cc1cncc(COC2CCOC3(C2)CN(C(=O)c2cnc(C)cn2)C3)c1. The van der Waals surface area contributed by atoms with E-state index in [1.54, 1.807) is 11.1 Å². The molecule has 142 valence electrons. The summed E-state index contributed by atoms with van der Waals surface area (Å²) in [6, 6.07) is 2.09. The van der Waals surface area contributed by atoms with Crippen LogP contribution in [0.1, 0.15) is 40.2 Å². The van der Waals surface area contributed by atoms with Gasteiger partial charge in [-0.05, 0) is 31.4 Å². The first-order valence-corrected chi connectivity index (χ1v) is 9.27. The first-order valence-electron chi connectivity index (χ1n) is 9.27. The molecule has 0 radical (unpaired) electrons. The van der Waals surface area contributed by atoms with E-state index in [1.807, 2.05) is 26.2 Å². The second-order valence-corrected chi connectivity index (χ2v) is 7.53. The van der Waals surface area contributed by atoms with Crippen LogP contribution in [0, 0.1) is 13.8 Å². The van der Waals surface area contributed by atoms with Crippen LogP contribution in [0.25, 0.3) is 0 Å². The molecule has 2 aliphatic rings. The molecule has 1 amide bonds. The number of hydrogen-bond acceptors (Lipinski definition) is 6. The average Bonchev–Trinajstić information content (AvgIpc) is 2.65. The number of rotatable bonds is 4. The third-order valence-electron chi connectivity index (χ3n) is 5.11. The number of nitrogens with zero attached hydrogens (tertiary/aromatic N) is 4. The zero-order valence-electron chi connectivity index (χ0n) is 15.7. The van der Waals surface area contributed by atoms with Crippen LogP contribution in [0.4, 0.5) is 0 Å². The molecular weight excluding hydrogens is 344 g/mol. The number of ether oxygens (including phenoxy) is 2. The molecule has 4 rings (SSSR count). The summed E-state index contributed by atoms with van der Waals surface area (Å²) >= 11 is 0. The lowest BCUT2D eigenvalue weighted by Crippen LogP contribution is -2.67. The van der Waals surface area contributed by atoms with Gasteiger partial charge in [0.2, 0.25) is 0 Å². The molecule has 2 fully saturated rings. The normalized spacial score (nSPS) is 21.1. The molecule has 1 unspecified atom stereocenters. The molecule has 7 heteroatoms. The third-order valence-corrected chi connectivity index (χ3v) is 5.11. The van der Waals surface area contributed by atoms with Crippen molar-refractivity contribution in [3.05, 3.63) is 53.4 Å². The quantitative estimate of drug-likeness (QED) is 0.822. The summed E-state index contributed by atoms with van der Waals surface area (Å²) in [4.78, 5) is 26.8. The van der Waals surface area contributed by atoms with E-state index in [1.165, 1.54) is 6.20 Å². The van der Waals surface area contributed by atoms with Gasteiger partial charge in [-0.1, -0.05) is 6.07 Å². The molecule has 0 N–H and O–H groups in total. The molecule has 4 heterocycles. The Morgan fingerprint density at radius 2 is 2.11 bits per heavy atom. The highest BCUT2D eigenvalue weighted by atomic mass is 16.5.